The van der Waals surface area contributed by atoms with E-state index in [4.69, 9.17) is 17.3 Å². The van der Waals surface area contributed by atoms with Gasteiger partial charge in [0.2, 0.25) is 0 Å². The summed E-state index contributed by atoms with van der Waals surface area (Å²) in [5.41, 5.74) is 7.85. The van der Waals surface area contributed by atoms with E-state index in [1.165, 1.54) is 0 Å². The number of benzene rings is 1. The van der Waals surface area contributed by atoms with Gasteiger partial charge in [-0.1, -0.05) is 17.7 Å². The molecule has 0 bridgehead atoms. The van der Waals surface area contributed by atoms with Gasteiger partial charge in [0.25, 0.3) is 0 Å². The molecule has 94 valence electrons. The molecular formula is C13H19ClN2O. The lowest BCUT2D eigenvalue weighted by molar-refractivity contribution is 0.154. The zero-order chi connectivity index (χ0) is 12.4. The second kappa shape index (κ2) is 5.25. The van der Waals surface area contributed by atoms with Crippen LogP contribution in [-0.4, -0.2) is 24.3 Å². The second-order valence-electron chi connectivity index (χ2n) is 4.74. The lowest BCUT2D eigenvalue weighted by Crippen LogP contribution is -2.38. The molecule has 0 amide bonds. The molecular weight excluding hydrogens is 236 g/mol. The third-order valence-electron chi connectivity index (χ3n) is 3.23. The maximum absolute atomic E-state index is 9.67. The van der Waals surface area contributed by atoms with Crippen LogP contribution < -0.4 is 10.6 Å². The fourth-order valence-corrected chi connectivity index (χ4v) is 2.54. The predicted molar refractivity (Wildman–Crippen MR) is 71.5 cm³/mol. The molecule has 0 saturated carbocycles. The third-order valence-corrected chi connectivity index (χ3v) is 3.54. The third kappa shape index (κ3) is 2.92. The summed E-state index contributed by atoms with van der Waals surface area (Å²) >= 11 is 6.28. The Labute approximate surface area is 107 Å². The molecule has 0 aliphatic carbocycles. The Kier molecular flexibility index (Phi) is 3.92. The van der Waals surface area contributed by atoms with Gasteiger partial charge in [0, 0.05) is 19.1 Å². The number of rotatable bonds is 2. The van der Waals surface area contributed by atoms with Gasteiger partial charge in [-0.3, -0.25) is 0 Å². The van der Waals surface area contributed by atoms with Crippen LogP contribution in [0.5, 0.6) is 0 Å². The van der Waals surface area contributed by atoms with Crippen molar-refractivity contribution in [2.24, 2.45) is 5.73 Å². The quantitative estimate of drug-likeness (QED) is 0.852. The number of nitrogens with zero attached hydrogens (tertiary/aromatic N) is 1. The predicted octanol–water partition coefficient (Wildman–Crippen LogP) is 2.32. The van der Waals surface area contributed by atoms with Gasteiger partial charge in [-0.25, -0.2) is 0 Å². The van der Waals surface area contributed by atoms with Crippen molar-refractivity contribution >= 4 is 17.3 Å². The molecule has 1 aliphatic rings. The summed E-state index contributed by atoms with van der Waals surface area (Å²) in [6.45, 7) is 3.56. The monoisotopic (exact) mass is 254 g/mol. The number of halogens is 1. The average molecular weight is 255 g/mol. The van der Waals surface area contributed by atoms with Crippen LogP contribution in [0.2, 0.25) is 5.02 Å². The lowest BCUT2D eigenvalue weighted by atomic mass is 10.1. The number of hydrogen-bond acceptors (Lipinski definition) is 3. The van der Waals surface area contributed by atoms with Crippen LogP contribution in [0.25, 0.3) is 0 Å². The Hall–Kier alpha value is -0.770. The fourth-order valence-electron chi connectivity index (χ4n) is 2.24. The topological polar surface area (TPSA) is 49.5 Å². The van der Waals surface area contributed by atoms with Crippen molar-refractivity contribution < 1.29 is 5.11 Å². The molecule has 3 N–H and O–H groups in total. The molecule has 1 aromatic carbocycles. The molecule has 3 nitrogen and oxygen atoms in total. The Morgan fingerprint density at radius 1 is 1.53 bits per heavy atom. The Morgan fingerprint density at radius 2 is 2.29 bits per heavy atom. The summed E-state index contributed by atoms with van der Waals surface area (Å²) in [6, 6.07) is 5.92. The summed E-state index contributed by atoms with van der Waals surface area (Å²) in [6.07, 6.45) is 1.64. The number of hydrogen-bond donors (Lipinski definition) is 2. The van der Waals surface area contributed by atoms with Gasteiger partial charge < -0.3 is 15.7 Å². The smallest absolute Gasteiger partial charge is 0.0715 e. The highest BCUT2D eigenvalue weighted by Gasteiger charge is 2.19. The number of aliphatic hydroxyl groups is 1. The molecule has 2 atom stereocenters. The van der Waals surface area contributed by atoms with Gasteiger partial charge in [-0.2, -0.15) is 0 Å². The highest BCUT2D eigenvalue weighted by molar-refractivity contribution is 6.33. The SMILES string of the molecule is C[C@@H](N)c1ccc(N2CCCC(O)C2)c(Cl)c1. The number of piperidine rings is 1. The first-order valence-corrected chi connectivity index (χ1v) is 6.44. The molecule has 1 fully saturated rings. The molecule has 1 saturated heterocycles. The van der Waals surface area contributed by atoms with Crippen molar-refractivity contribution in [3.8, 4) is 0 Å². The minimum absolute atomic E-state index is 0.00602. The summed E-state index contributed by atoms with van der Waals surface area (Å²) < 4.78 is 0. The van der Waals surface area contributed by atoms with E-state index < -0.39 is 0 Å². The van der Waals surface area contributed by atoms with Crippen molar-refractivity contribution in [3.63, 3.8) is 0 Å². The zero-order valence-electron chi connectivity index (χ0n) is 10.1. The van der Waals surface area contributed by atoms with E-state index in [9.17, 15) is 5.11 Å². The molecule has 2 rings (SSSR count). The van der Waals surface area contributed by atoms with E-state index in [2.05, 4.69) is 4.90 Å². The van der Waals surface area contributed by atoms with Gasteiger partial charge >= 0.3 is 0 Å². The summed E-state index contributed by atoms with van der Waals surface area (Å²) in [5.74, 6) is 0. The molecule has 4 heteroatoms. The van der Waals surface area contributed by atoms with E-state index in [-0.39, 0.29) is 12.1 Å². The van der Waals surface area contributed by atoms with E-state index >= 15 is 0 Å². The van der Waals surface area contributed by atoms with Gasteiger partial charge in [-0.05, 0) is 37.5 Å². The van der Waals surface area contributed by atoms with Crippen LogP contribution in [-0.2, 0) is 0 Å². The zero-order valence-corrected chi connectivity index (χ0v) is 10.8. The maximum Gasteiger partial charge on any atom is 0.0715 e. The number of aliphatic hydroxyl groups excluding tert-OH is 1. The van der Waals surface area contributed by atoms with E-state index in [0.29, 0.717) is 11.6 Å². The highest BCUT2D eigenvalue weighted by Crippen LogP contribution is 2.30. The van der Waals surface area contributed by atoms with Gasteiger partial charge in [-0.15, -0.1) is 0 Å². The number of anilines is 1. The fraction of sp³-hybridized carbons (Fsp3) is 0.538. The molecule has 1 aromatic rings. The van der Waals surface area contributed by atoms with Crippen LogP contribution in [0.1, 0.15) is 31.4 Å². The minimum Gasteiger partial charge on any atom is -0.391 e. The molecule has 1 heterocycles. The molecule has 0 aromatic heterocycles. The van der Waals surface area contributed by atoms with Gasteiger partial charge in [0.05, 0.1) is 16.8 Å². The van der Waals surface area contributed by atoms with E-state index in [1.54, 1.807) is 0 Å². The Balaban J connectivity index is 2.21. The Bertz CT molecular complexity index is 395. The highest BCUT2D eigenvalue weighted by atomic mass is 35.5. The van der Waals surface area contributed by atoms with Crippen LogP contribution >= 0.6 is 11.6 Å². The van der Waals surface area contributed by atoms with Crippen molar-refractivity contribution in [2.45, 2.75) is 31.9 Å². The normalized spacial score (nSPS) is 22.6. The Morgan fingerprint density at radius 3 is 2.88 bits per heavy atom. The molecule has 17 heavy (non-hydrogen) atoms. The molecule has 1 aliphatic heterocycles. The minimum atomic E-state index is -0.243. The summed E-state index contributed by atoms with van der Waals surface area (Å²) in [5, 5.41) is 10.4. The first-order valence-electron chi connectivity index (χ1n) is 6.06. The van der Waals surface area contributed by atoms with Crippen molar-refractivity contribution in [2.75, 3.05) is 18.0 Å². The molecule has 1 unspecified atom stereocenters. The standard InChI is InChI=1S/C13H19ClN2O/c1-9(15)10-4-5-13(12(14)7-10)16-6-2-3-11(17)8-16/h4-5,7,9,11,17H,2-3,6,8,15H2,1H3/t9-,11?/m1/s1. The van der Waals surface area contributed by atoms with E-state index in [0.717, 1.165) is 30.6 Å². The van der Waals surface area contributed by atoms with Crippen LogP contribution in [0.4, 0.5) is 5.69 Å². The van der Waals surface area contributed by atoms with Crippen molar-refractivity contribution in [3.05, 3.63) is 28.8 Å². The summed E-state index contributed by atoms with van der Waals surface area (Å²) in [7, 11) is 0. The van der Waals surface area contributed by atoms with Crippen LogP contribution in [0.3, 0.4) is 0 Å². The second-order valence-corrected chi connectivity index (χ2v) is 5.15. The first kappa shape index (κ1) is 12.7. The number of β-amino-alcohol motifs (C(OH)–C–C–N with tert-alkyl or cyclic N) is 1. The van der Waals surface area contributed by atoms with Crippen LogP contribution in [0.15, 0.2) is 18.2 Å². The lowest BCUT2D eigenvalue weighted by Gasteiger charge is -2.32. The maximum atomic E-state index is 9.67. The summed E-state index contributed by atoms with van der Waals surface area (Å²) in [4.78, 5) is 2.14. The van der Waals surface area contributed by atoms with Crippen LogP contribution in [0, 0.1) is 0 Å². The van der Waals surface area contributed by atoms with Gasteiger partial charge in [0.15, 0.2) is 0 Å². The van der Waals surface area contributed by atoms with Crippen molar-refractivity contribution in [1.29, 1.82) is 0 Å². The van der Waals surface area contributed by atoms with Crippen molar-refractivity contribution in [1.82, 2.24) is 0 Å². The average Bonchev–Trinajstić information content (AvgIpc) is 2.28. The largest absolute Gasteiger partial charge is 0.391 e. The first-order chi connectivity index (χ1) is 8.08. The van der Waals surface area contributed by atoms with Gasteiger partial charge in [0.1, 0.15) is 0 Å². The van der Waals surface area contributed by atoms with E-state index in [1.807, 2.05) is 25.1 Å². The number of nitrogens with two attached hydrogens (primary N) is 1. The molecule has 0 radical (unpaired) electrons. The molecule has 0 spiro atoms.